The van der Waals surface area contributed by atoms with Gasteiger partial charge in [0.25, 0.3) is 5.91 Å². The van der Waals surface area contributed by atoms with Gasteiger partial charge in [0, 0.05) is 13.0 Å². The van der Waals surface area contributed by atoms with E-state index in [1.807, 2.05) is 55.5 Å². The Balaban J connectivity index is 1.61. The highest BCUT2D eigenvalue weighted by Gasteiger charge is 2.10. The van der Waals surface area contributed by atoms with Gasteiger partial charge in [0.2, 0.25) is 5.88 Å². The topological polar surface area (TPSA) is 73.3 Å². The highest BCUT2D eigenvalue weighted by atomic mass is 16.5. The quantitative estimate of drug-likeness (QED) is 0.708. The number of nitrogens with one attached hydrogen (secondary N) is 1. The van der Waals surface area contributed by atoms with E-state index in [1.54, 1.807) is 7.11 Å². The van der Waals surface area contributed by atoms with Gasteiger partial charge in [-0.2, -0.15) is 4.98 Å². The second-order valence-electron chi connectivity index (χ2n) is 5.73. The molecule has 0 bridgehead atoms. The van der Waals surface area contributed by atoms with Crippen molar-refractivity contribution < 1.29 is 14.3 Å². The summed E-state index contributed by atoms with van der Waals surface area (Å²) in [5.41, 5.74) is 1.80. The van der Waals surface area contributed by atoms with E-state index in [1.165, 1.54) is 0 Å². The van der Waals surface area contributed by atoms with Crippen LogP contribution in [0.4, 0.5) is 0 Å². The van der Waals surface area contributed by atoms with Gasteiger partial charge in [-0.15, -0.1) is 0 Å². The molecule has 1 heterocycles. The number of rotatable bonds is 7. The van der Waals surface area contributed by atoms with Gasteiger partial charge in [-0.05, 0) is 29.8 Å². The molecule has 26 heavy (non-hydrogen) atoms. The maximum atomic E-state index is 12.1. The SMILES string of the molecule is CCc1nc(OCC(=O)NCc2ccc(OC)cc2)c2ccccc2n1. The molecule has 6 heteroatoms. The molecule has 0 spiro atoms. The molecule has 0 saturated heterocycles. The van der Waals surface area contributed by atoms with Crippen LogP contribution < -0.4 is 14.8 Å². The molecule has 0 unspecified atom stereocenters. The Kier molecular flexibility index (Phi) is 5.63. The van der Waals surface area contributed by atoms with E-state index in [2.05, 4.69) is 15.3 Å². The number of carbonyl (C=O) groups excluding carboxylic acids is 1. The third-order valence-electron chi connectivity index (χ3n) is 3.92. The summed E-state index contributed by atoms with van der Waals surface area (Å²) >= 11 is 0. The van der Waals surface area contributed by atoms with E-state index in [4.69, 9.17) is 9.47 Å². The van der Waals surface area contributed by atoms with Crippen LogP contribution in [-0.4, -0.2) is 29.6 Å². The fraction of sp³-hybridized carbons (Fsp3) is 0.250. The van der Waals surface area contributed by atoms with Crippen LogP contribution in [0.1, 0.15) is 18.3 Å². The maximum absolute atomic E-state index is 12.1. The van der Waals surface area contributed by atoms with Crippen LogP contribution in [0.15, 0.2) is 48.5 Å². The summed E-state index contributed by atoms with van der Waals surface area (Å²) in [5.74, 6) is 1.71. The van der Waals surface area contributed by atoms with Crippen molar-refractivity contribution in [3.63, 3.8) is 0 Å². The lowest BCUT2D eigenvalue weighted by Gasteiger charge is -2.10. The molecule has 6 nitrogen and oxygen atoms in total. The van der Waals surface area contributed by atoms with Gasteiger partial charge in [0.1, 0.15) is 11.6 Å². The van der Waals surface area contributed by atoms with Gasteiger partial charge >= 0.3 is 0 Å². The molecule has 3 rings (SSSR count). The fourth-order valence-electron chi connectivity index (χ4n) is 2.49. The minimum absolute atomic E-state index is 0.0969. The van der Waals surface area contributed by atoms with E-state index in [9.17, 15) is 4.79 Å². The van der Waals surface area contributed by atoms with Crippen LogP contribution in [0.25, 0.3) is 10.9 Å². The molecule has 3 aromatic rings. The molecule has 1 aromatic heterocycles. The molecule has 1 N–H and O–H groups in total. The number of nitrogens with zero attached hydrogens (tertiary/aromatic N) is 2. The molecule has 0 atom stereocenters. The van der Waals surface area contributed by atoms with Gasteiger partial charge in [-0.25, -0.2) is 4.98 Å². The lowest BCUT2D eigenvalue weighted by molar-refractivity contribution is -0.123. The van der Waals surface area contributed by atoms with Crippen LogP contribution in [0, 0.1) is 0 Å². The highest BCUT2D eigenvalue weighted by molar-refractivity contribution is 5.84. The molecule has 2 aromatic carbocycles. The summed E-state index contributed by atoms with van der Waals surface area (Å²) in [4.78, 5) is 21.0. The summed E-state index contributed by atoms with van der Waals surface area (Å²) < 4.78 is 10.8. The Morgan fingerprint density at radius 2 is 1.85 bits per heavy atom. The Labute approximate surface area is 152 Å². The summed E-state index contributed by atoms with van der Waals surface area (Å²) in [7, 11) is 1.62. The van der Waals surface area contributed by atoms with E-state index < -0.39 is 0 Å². The number of carbonyl (C=O) groups is 1. The number of methoxy groups -OCH3 is 1. The summed E-state index contributed by atoms with van der Waals surface area (Å²) in [6, 6.07) is 15.1. The first-order valence-electron chi connectivity index (χ1n) is 8.47. The number of hydrogen-bond donors (Lipinski definition) is 1. The van der Waals surface area contributed by atoms with E-state index in [0.717, 1.165) is 22.2 Å². The number of ether oxygens (including phenoxy) is 2. The number of aromatic nitrogens is 2. The molecule has 134 valence electrons. The average Bonchev–Trinajstić information content (AvgIpc) is 2.70. The molecule has 0 aliphatic carbocycles. The van der Waals surface area contributed by atoms with Crippen molar-refractivity contribution >= 4 is 16.8 Å². The number of para-hydroxylation sites is 1. The normalized spacial score (nSPS) is 10.5. The minimum atomic E-state index is -0.207. The van der Waals surface area contributed by atoms with Crippen LogP contribution in [0.2, 0.25) is 0 Å². The molecule has 0 fully saturated rings. The monoisotopic (exact) mass is 351 g/mol. The summed E-state index contributed by atoms with van der Waals surface area (Å²) in [6.45, 7) is 2.31. The van der Waals surface area contributed by atoms with Crippen molar-refractivity contribution in [2.24, 2.45) is 0 Å². The van der Waals surface area contributed by atoms with Crippen molar-refractivity contribution in [1.82, 2.24) is 15.3 Å². The van der Waals surface area contributed by atoms with Crippen molar-refractivity contribution in [2.75, 3.05) is 13.7 Å². The first kappa shape index (κ1) is 17.7. The zero-order valence-corrected chi connectivity index (χ0v) is 14.9. The smallest absolute Gasteiger partial charge is 0.258 e. The van der Waals surface area contributed by atoms with Gasteiger partial charge in [0.15, 0.2) is 6.61 Å². The fourth-order valence-corrected chi connectivity index (χ4v) is 2.49. The van der Waals surface area contributed by atoms with Crippen molar-refractivity contribution in [3.05, 3.63) is 59.9 Å². The maximum Gasteiger partial charge on any atom is 0.258 e. The summed E-state index contributed by atoms with van der Waals surface area (Å²) in [6.07, 6.45) is 0.699. The number of aryl methyl sites for hydroxylation is 1. The minimum Gasteiger partial charge on any atom is -0.497 e. The van der Waals surface area contributed by atoms with E-state index in [-0.39, 0.29) is 12.5 Å². The van der Waals surface area contributed by atoms with Crippen molar-refractivity contribution in [1.29, 1.82) is 0 Å². The molecule has 0 aliphatic heterocycles. The molecular weight excluding hydrogens is 330 g/mol. The molecular formula is C20H21N3O3. The van der Waals surface area contributed by atoms with Crippen LogP contribution in [-0.2, 0) is 17.8 Å². The molecule has 0 radical (unpaired) electrons. The molecule has 0 saturated carbocycles. The first-order chi connectivity index (χ1) is 12.7. The van der Waals surface area contributed by atoms with Gasteiger partial charge in [-0.1, -0.05) is 31.2 Å². The number of amides is 1. The Morgan fingerprint density at radius 3 is 2.58 bits per heavy atom. The van der Waals surface area contributed by atoms with Gasteiger partial charge < -0.3 is 14.8 Å². The zero-order valence-electron chi connectivity index (χ0n) is 14.9. The predicted octanol–water partition coefficient (Wildman–Crippen LogP) is 2.90. The third-order valence-corrected chi connectivity index (χ3v) is 3.92. The number of benzene rings is 2. The standard InChI is InChI=1S/C20H21N3O3/c1-3-18-22-17-7-5-4-6-16(17)20(23-18)26-13-19(24)21-12-14-8-10-15(25-2)11-9-14/h4-11H,3,12-13H2,1-2H3,(H,21,24). The second kappa shape index (κ2) is 8.29. The van der Waals surface area contributed by atoms with Crippen molar-refractivity contribution in [2.45, 2.75) is 19.9 Å². The number of fused-ring (bicyclic) bond motifs is 1. The zero-order chi connectivity index (χ0) is 18.4. The average molecular weight is 351 g/mol. The Hall–Kier alpha value is -3.15. The lowest BCUT2D eigenvalue weighted by Crippen LogP contribution is -2.28. The molecule has 0 aliphatic rings. The lowest BCUT2D eigenvalue weighted by atomic mass is 10.2. The highest BCUT2D eigenvalue weighted by Crippen LogP contribution is 2.22. The van der Waals surface area contributed by atoms with Gasteiger partial charge in [-0.3, -0.25) is 4.79 Å². The third kappa shape index (κ3) is 4.27. The van der Waals surface area contributed by atoms with Crippen molar-refractivity contribution in [3.8, 4) is 11.6 Å². The largest absolute Gasteiger partial charge is 0.497 e. The second-order valence-corrected chi connectivity index (χ2v) is 5.73. The van der Waals surface area contributed by atoms with E-state index in [0.29, 0.717) is 24.7 Å². The summed E-state index contributed by atoms with van der Waals surface area (Å²) in [5, 5.41) is 3.63. The molecule has 1 amide bonds. The van der Waals surface area contributed by atoms with Crippen LogP contribution >= 0.6 is 0 Å². The van der Waals surface area contributed by atoms with Crippen LogP contribution in [0.5, 0.6) is 11.6 Å². The van der Waals surface area contributed by atoms with E-state index >= 15 is 0 Å². The van der Waals surface area contributed by atoms with Gasteiger partial charge in [0.05, 0.1) is 18.0 Å². The Bertz CT molecular complexity index is 894. The van der Waals surface area contributed by atoms with Crippen LogP contribution in [0.3, 0.4) is 0 Å². The number of hydrogen-bond acceptors (Lipinski definition) is 5. The predicted molar refractivity (Wildman–Crippen MR) is 99.3 cm³/mol. The Morgan fingerprint density at radius 1 is 1.08 bits per heavy atom. The first-order valence-corrected chi connectivity index (χ1v) is 8.47.